The third-order valence-corrected chi connectivity index (χ3v) is 2.58. The molecule has 1 aromatic heterocycles. The number of rotatable bonds is 7. The molecule has 1 rings (SSSR count). The van der Waals surface area contributed by atoms with Crippen LogP contribution in [0.4, 0.5) is 11.8 Å². The molecule has 18 heavy (non-hydrogen) atoms. The number of halogens is 1. The summed E-state index contributed by atoms with van der Waals surface area (Å²) < 4.78 is 0. The first-order valence-corrected chi connectivity index (χ1v) is 6.58. The zero-order valence-corrected chi connectivity index (χ0v) is 12.3. The van der Waals surface area contributed by atoms with Crippen molar-refractivity contribution in [2.24, 2.45) is 0 Å². The van der Waals surface area contributed by atoms with E-state index in [9.17, 15) is 0 Å². The van der Waals surface area contributed by atoms with Gasteiger partial charge in [-0.25, -0.2) is 4.98 Å². The molecule has 6 heteroatoms. The molecule has 0 saturated heterocycles. The number of hydrogen-bond donors (Lipinski definition) is 2. The van der Waals surface area contributed by atoms with Gasteiger partial charge in [0.15, 0.2) is 5.82 Å². The molecule has 1 unspecified atom stereocenters. The van der Waals surface area contributed by atoms with Crippen LogP contribution < -0.4 is 10.6 Å². The summed E-state index contributed by atoms with van der Waals surface area (Å²) in [4.78, 5) is 10.6. The normalized spacial score (nSPS) is 12.6. The highest BCUT2D eigenvalue weighted by atomic mass is 35.5. The molecule has 2 N–H and O–H groups in total. The Morgan fingerprint density at radius 1 is 1.44 bits per heavy atom. The van der Waals surface area contributed by atoms with E-state index in [1.54, 1.807) is 6.20 Å². The molecular weight excluding hydrogens is 250 g/mol. The molecule has 1 heterocycles. The van der Waals surface area contributed by atoms with Crippen LogP contribution in [0.15, 0.2) is 6.20 Å². The Balaban J connectivity index is 2.68. The van der Waals surface area contributed by atoms with Crippen molar-refractivity contribution in [3.05, 3.63) is 11.2 Å². The molecule has 0 aliphatic carbocycles. The van der Waals surface area contributed by atoms with Gasteiger partial charge in [0, 0.05) is 19.1 Å². The summed E-state index contributed by atoms with van der Waals surface area (Å²) in [7, 11) is 4.07. The van der Waals surface area contributed by atoms with Gasteiger partial charge in [-0.3, -0.25) is 0 Å². The van der Waals surface area contributed by atoms with Gasteiger partial charge in [0.2, 0.25) is 5.95 Å². The average Bonchev–Trinajstić information content (AvgIpc) is 2.29. The fourth-order valence-electron chi connectivity index (χ4n) is 1.62. The zero-order chi connectivity index (χ0) is 13.5. The Kier molecular flexibility index (Phi) is 6.15. The highest BCUT2D eigenvalue weighted by molar-refractivity contribution is 6.32. The molecule has 0 bridgehead atoms. The first-order valence-electron chi connectivity index (χ1n) is 6.20. The van der Waals surface area contributed by atoms with Gasteiger partial charge in [-0.05, 0) is 27.4 Å². The average molecular weight is 272 g/mol. The summed E-state index contributed by atoms with van der Waals surface area (Å²) in [5.41, 5.74) is 0. The topological polar surface area (TPSA) is 53.1 Å². The zero-order valence-electron chi connectivity index (χ0n) is 11.5. The van der Waals surface area contributed by atoms with Crippen LogP contribution in [-0.4, -0.2) is 48.1 Å². The summed E-state index contributed by atoms with van der Waals surface area (Å²) >= 11 is 6.08. The molecule has 1 atom stereocenters. The van der Waals surface area contributed by atoms with Crippen molar-refractivity contribution in [3.63, 3.8) is 0 Å². The van der Waals surface area contributed by atoms with Crippen LogP contribution in [0.25, 0.3) is 0 Å². The van der Waals surface area contributed by atoms with E-state index in [0.29, 0.717) is 16.8 Å². The summed E-state index contributed by atoms with van der Waals surface area (Å²) in [6.07, 6.45) is 2.66. The first kappa shape index (κ1) is 15.0. The second-order valence-corrected chi connectivity index (χ2v) is 5.03. The number of nitrogens with zero attached hydrogens (tertiary/aromatic N) is 3. The standard InChI is InChI=1S/C12H22ClN5/c1-5-6-14-12-15-7-10(13)11(17-12)16-9(2)8-18(3)4/h7,9H,5-6,8H2,1-4H3,(H2,14,15,16,17). The number of aromatic nitrogens is 2. The minimum atomic E-state index is 0.270. The van der Waals surface area contributed by atoms with E-state index in [2.05, 4.69) is 39.3 Å². The smallest absolute Gasteiger partial charge is 0.224 e. The highest BCUT2D eigenvalue weighted by Crippen LogP contribution is 2.20. The maximum absolute atomic E-state index is 6.08. The third kappa shape index (κ3) is 5.06. The first-order chi connectivity index (χ1) is 8.52. The monoisotopic (exact) mass is 271 g/mol. The predicted molar refractivity (Wildman–Crippen MR) is 77.5 cm³/mol. The van der Waals surface area contributed by atoms with E-state index in [0.717, 1.165) is 19.5 Å². The van der Waals surface area contributed by atoms with Crippen LogP contribution in [0.5, 0.6) is 0 Å². The minimum absolute atomic E-state index is 0.270. The quantitative estimate of drug-likeness (QED) is 0.797. The molecule has 0 fully saturated rings. The Morgan fingerprint density at radius 2 is 2.17 bits per heavy atom. The molecule has 0 aliphatic rings. The molecule has 5 nitrogen and oxygen atoms in total. The van der Waals surface area contributed by atoms with Gasteiger partial charge in [-0.2, -0.15) is 4.98 Å². The van der Waals surface area contributed by atoms with Crippen LogP contribution in [-0.2, 0) is 0 Å². The lowest BCUT2D eigenvalue weighted by atomic mass is 10.3. The van der Waals surface area contributed by atoms with Crippen LogP contribution in [0, 0.1) is 0 Å². The summed E-state index contributed by atoms with van der Waals surface area (Å²) in [5, 5.41) is 6.98. The van der Waals surface area contributed by atoms with Gasteiger partial charge < -0.3 is 15.5 Å². The van der Waals surface area contributed by atoms with E-state index in [-0.39, 0.29) is 6.04 Å². The third-order valence-electron chi connectivity index (χ3n) is 2.30. The summed E-state index contributed by atoms with van der Waals surface area (Å²) in [6, 6.07) is 0.270. The Bertz CT molecular complexity index is 369. The van der Waals surface area contributed by atoms with E-state index in [1.165, 1.54) is 0 Å². The van der Waals surface area contributed by atoms with E-state index in [4.69, 9.17) is 11.6 Å². The molecule has 0 saturated carbocycles. The second kappa shape index (κ2) is 7.38. The summed E-state index contributed by atoms with van der Waals surface area (Å²) in [5.74, 6) is 1.29. The molecule has 0 amide bonds. The molecule has 1 aromatic rings. The maximum atomic E-state index is 6.08. The number of likely N-dealkylation sites (N-methyl/N-ethyl adjacent to an activating group) is 1. The molecule has 0 aromatic carbocycles. The van der Waals surface area contributed by atoms with Crippen LogP contribution in [0.3, 0.4) is 0 Å². The van der Waals surface area contributed by atoms with E-state index < -0.39 is 0 Å². The second-order valence-electron chi connectivity index (χ2n) is 4.62. The highest BCUT2D eigenvalue weighted by Gasteiger charge is 2.09. The van der Waals surface area contributed by atoms with Crippen LogP contribution in [0.1, 0.15) is 20.3 Å². The van der Waals surface area contributed by atoms with Crippen molar-refractivity contribution in [2.45, 2.75) is 26.3 Å². The Morgan fingerprint density at radius 3 is 2.78 bits per heavy atom. The Labute approximate surface area is 114 Å². The minimum Gasteiger partial charge on any atom is -0.365 e. The Hall–Kier alpha value is -1.07. The van der Waals surface area contributed by atoms with Crippen molar-refractivity contribution < 1.29 is 0 Å². The molecule has 0 radical (unpaired) electrons. The van der Waals surface area contributed by atoms with Crippen LogP contribution in [0.2, 0.25) is 5.02 Å². The van der Waals surface area contributed by atoms with Crippen LogP contribution >= 0.6 is 11.6 Å². The number of hydrogen-bond acceptors (Lipinski definition) is 5. The largest absolute Gasteiger partial charge is 0.365 e. The lowest BCUT2D eigenvalue weighted by molar-refractivity contribution is 0.392. The van der Waals surface area contributed by atoms with Crippen molar-refractivity contribution in [1.82, 2.24) is 14.9 Å². The fourth-order valence-corrected chi connectivity index (χ4v) is 1.76. The van der Waals surface area contributed by atoms with Gasteiger partial charge in [0.25, 0.3) is 0 Å². The number of anilines is 2. The molecule has 102 valence electrons. The van der Waals surface area contributed by atoms with E-state index >= 15 is 0 Å². The molecular formula is C12H22ClN5. The van der Waals surface area contributed by atoms with E-state index in [1.807, 2.05) is 14.1 Å². The van der Waals surface area contributed by atoms with Crippen molar-refractivity contribution in [2.75, 3.05) is 37.8 Å². The lowest BCUT2D eigenvalue weighted by Gasteiger charge is -2.19. The number of nitrogens with one attached hydrogen (secondary N) is 2. The SMILES string of the molecule is CCCNc1ncc(Cl)c(NC(C)CN(C)C)n1. The van der Waals surface area contributed by atoms with Gasteiger partial charge in [0.05, 0.1) is 6.20 Å². The molecule has 0 aliphatic heterocycles. The van der Waals surface area contributed by atoms with Crippen molar-refractivity contribution in [1.29, 1.82) is 0 Å². The van der Waals surface area contributed by atoms with Crippen molar-refractivity contribution in [3.8, 4) is 0 Å². The predicted octanol–water partition coefficient (Wildman–Crippen LogP) is 2.31. The van der Waals surface area contributed by atoms with Gasteiger partial charge in [0.1, 0.15) is 5.02 Å². The fraction of sp³-hybridized carbons (Fsp3) is 0.667. The summed E-state index contributed by atoms with van der Waals surface area (Å²) in [6.45, 7) is 5.96. The lowest BCUT2D eigenvalue weighted by Crippen LogP contribution is -2.30. The van der Waals surface area contributed by atoms with Crippen molar-refractivity contribution >= 4 is 23.4 Å². The molecule has 0 spiro atoms. The van der Waals surface area contributed by atoms with Gasteiger partial charge in [-0.15, -0.1) is 0 Å². The van der Waals surface area contributed by atoms with Gasteiger partial charge >= 0.3 is 0 Å². The maximum Gasteiger partial charge on any atom is 0.224 e. The van der Waals surface area contributed by atoms with Gasteiger partial charge in [-0.1, -0.05) is 18.5 Å².